The number of sulfonamides is 1. The van der Waals surface area contributed by atoms with Crippen LogP contribution in [0.3, 0.4) is 0 Å². The van der Waals surface area contributed by atoms with Gasteiger partial charge < -0.3 is 10.1 Å². The number of nitrogens with one attached hydrogen (secondary N) is 1. The molecule has 0 aliphatic carbocycles. The Hall–Kier alpha value is -2.25. The number of hydrogen-bond acceptors (Lipinski definition) is 4. The normalized spacial score (nSPS) is 16.5. The van der Waals surface area contributed by atoms with Crippen LogP contribution in [0.2, 0.25) is 5.02 Å². The molecule has 2 heterocycles. The lowest BCUT2D eigenvalue weighted by molar-refractivity contribution is 0.0945. The third-order valence-electron chi connectivity index (χ3n) is 4.34. The smallest absolute Gasteiger partial charge is 0.264 e. The minimum absolute atomic E-state index is 0.0797. The summed E-state index contributed by atoms with van der Waals surface area (Å²) >= 11 is 6.02. The predicted molar refractivity (Wildman–Crippen MR) is 94.0 cm³/mol. The lowest BCUT2D eigenvalue weighted by Gasteiger charge is -2.31. The number of hydrogen-bond donors (Lipinski definition) is 1. The molecule has 0 saturated carbocycles. The summed E-state index contributed by atoms with van der Waals surface area (Å²) in [4.78, 5) is 12.1. The van der Waals surface area contributed by atoms with Crippen LogP contribution >= 0.6 is 11.6 Å². The van der Waals surface area contributed by atoms with E-state index in [0.717, 1.165) is 5.56 Å². The van der Waals surface area contributed by atoms with Gasteiger partial charge in [0, 0.05) is 17.1 Å². The average molecular weight is 379 g/mol. The summed E-state index contributed by atoms with van der Waals surface area (Å²) in [6.07, 6.45) is 0.692. The van der Waals surface area contributed by atoms with E-state index in [1.54, 1.807) is 30.3 Å². The van der Waals surface area contributed by atoms with Gasteiger partial charge in [-0.25, -0.2) is 8.42 Å². The van der Waals surface area contributed by atoms with Gasteiger partial charge in [0.25, 0.3) is 15.9 Å². The van der Waals surface area contributed by atoms with E-state index >= 15 is 0 Å². The standard InChI is InChI=1S/C17H15ClN2O4S/c18-12-2-4-16-15(9-12)20(7-8-24-16)25(22,23)13-3-1-11-5-6-19-17(21)14(11)10-13/h1-4,9-10H,5-8H2,(H,19,21). The zero-order chi connectivity index (χ0) is 17.6. The molecule has 1 amide bonds. The number of ether oxygens (including phenoxy) is 1. The Morgan fingerprint density at radius 2 is 2.00 bits per heavy atom. The maximum Gasteiger partial charge on any atom is 0.264 e. The molecule has 1 N–H and O–H groups in total. The van der Waals surface area contributed by atoms with Crippen molar-refractivity contribution in [3.63, 3.8) is 0 Å². The number of carbonyl (C=O) groups is 1. The second-order valence-electron chi connectivity index (χ2n) is 5.86. The number of benzene rings is 2. The topological polar surface area (TPSA) is 75.7 Å². The molecule has 0 radical (unpaired) electrons. The van der Waals surface area contributed by atoms with Crippen molar-refractivity contribution in [1.82, 2.24) is 5.32 Å². The highest BCUT2D eigenvalue weighted by Gasteiger charge is 2.31. The average Bonchev–Trinajstić information content (AvgIpc) is 2.61. The SMILES string of the molecule is O=C1NCCc2ccc(S(=O)(=O)N3CCOc4ccc(Cl)cc43)cc21. The molecule has 2 aliphatic rings. The van der Waals surface area contributed by atoms with Gasteiger partial charge >= 0.3 is 0 Å². The minimum atomic E-state index is -3.83. The summed E-state index contributed by atoms with van der Waals surface area (Å²) in [5.41, 5.74) is 1.67. The Morgan fingerprint density at radius 3 is 2.84 bits per heavy atom. The van der Waals surface area contributed by atoms with Crippen molar-refractivity contribution in [2.45, 2.75) is 11.3 Å². The third-order valence-corrected chi connectivity index (χ3v) is 6.38. The third kappa shape index (κ3) is 2.73. The monoisotopic (exact) mass is 378 g/mol. The molecule has 0 aromatic heterocycles. The van der Waals surface area contributed by atoms with E-state index in [4.69, 9.17) is 16.3 Å². The van der Waals surface area contributed by atoms with Crippen LogP contribution in [0, 0.1) is 0 Å². The van der Waals surface area contributed by atoms with Gasteiger partial charge in [0.1, 0.15) is 12.4 Å². The number of anilines is 1. The van der Waals surface area contributed by atoms with Crippen LogP contribution in [0.4, 0.5) is 5.69 Å². The number of amides is 1. The molecule has 4 rings (SSSR count). The molecule has 0 bridgehead atoms. The first-order valence-electron chi connectivity index (χ1n) is 7.83. The highest BCUT2D eigenvalue weighted by Crippen LogP contribution is 2.37. The molecule has 130 valence electrons. The summed E-state index contributed by atoms with van der Waals surface area (Å²) in [5, 5.41) is 3.16. The molecule has 2 aliphatic heterocycles. The largest absolute Gasteiger partial charge is 0.489 e. The highest BCUT2D eigenvalue weighted by atomic mass is 35.5. The summed E-state index contributed by atoms with van der Waals surface area (Å²) < 4.78 is 33.1. The minimum Gasteiger partial charge on any atom is -0.489 e. The summed E-state index contributed by atoms with van der Waals surface area (Å²) in [6.45, 7) is 0.992. The van der Waals surface area contributed by atoms with Crippen LogP contribution in [0.5, 0.6) is 5.75 Å². The Morgan fingerprint density at radius 1 is 1.16 bits per heavy atom. The first kappa shape index (κ1) is 16.2. The highest BCUT2D eigenvalue weighted by molar-refractivity contribution is 7.92. The van der Waals surface area contributed by atoms with Crippen LogP contribution in [-0.2, 0) is 16.4 Å². The maximum absolute atomic E-state index is 13.1. The number of fused-ring (bicyclic) bond motifs is 2. The van der Waals surface area contributed by atoms with Gasteiger partial charge in [0.15, 0.2) is 0 Å². The molecular formula is C17H15ClN2O4S. The molecule has 2 aromatic rings. The molecule has 0 spiro atoms. The molecule has 2 aromatic carbocycles. The summed E-state index contributed by atoms with van der Waals surface area (Å²) in [6, 6.07) is 9.57. The van der Waals surface area contributed by atoms with Gasteiger partial charge in [-0.3, -0.25) is 9.10 Å². The van der Waals surface area contributed by atoms with Crippen LogP contribution in [0.25, 0.3) is 0 Å². The molecule has 6 nitrogen and oxygen atoms in total. The van der Waals surface area contributed by atoms with Crippen molar-refractivity contribution in [3.8, 4) is 5.75 Å². The predicted octanol–water partition coefficient (Wildman–Crippen LogP) is 2.21. The van der Waals surface area contributed by atoms with Gasteiger partial charge in [-0.2, -0.15) is 0 Å². The lowest BCUT2D eigenvalue weighted by Crippen LogP contribution is -2.38. The second kappa shape index (κ2) is 5.93. The molecule has 25 heavy (non-hydrogen) atoms. The van der Waals surface area contributed by atoms with Gasteiger partial charge in [-0.05, 0) is 42.3 Å². The zero-order valence-corrected chi connectivity index (χ0v) is 14.7. The fourth-order valence-corrected chi connectivity index (χ4v) is 4.74. The summed E-state index contributed by atoms with van der Waals surface area (Å²) in [7, 11) is -3.83. The van der Waals surface area contributed by atoms with Crippen molar-refractivity contribution in [2.24, 2.45) is 0 Å². The van der Waals surface area contributed by atoms with E-state index < -0.39 is 10.0 Å². The molecule has 0 unspecified atom stereocenters. The molecular weight excluding hydrogens is 364 g/mol. The Balaban J connectivity index is 1.80. The van der Waals surface area contributed by atoms with Crippen LogP contribution in [0.15, 0.2) is 41.3 Å². The second-order valence-corrected chi connectivity index (χ2v) is 8.16. The number of carbonyl (C=O) groups excluding carboxylic acids is 1. The van der Waals surface area contributed by atoms with Crippen LogP contribution < -0.4 is 14.4 Å². The van der Waals surface area contributed by atoms with Gasteiger partial charge in [-0.1, -0.05) is 17.7 Å². The van der Waals surface area contributed by atoms with E-state index in [-0.39, 0.29) is 24.0 Å². The van der Waals surface area contributed by atoms with Crippen molar-refractivity contribution in [1.29, 1.82) is 0 Å². The van der Waals surface area contributed by atoms with Gasteiger partial charge in [0.05, 0.1) is 17.1 Å². The fourth-order valence-electron chi connectivity index (χ4n) is 3.09. The quantitative estimate of drug-likeness (QED) is 0.869. The molecule has 0 fully saturated rings. The van der Waals surface area contributed by atoms with Crippen LogP contribution in [-0.4, -0.2) is 34.0 Å². The van der Waals surface area contributed by atoms with Crippen LogP contribution in [0.1, 0.15) is 15.9 Å². The Bertz CT molecular complexity index is 975. The maximum atomic E-state index is 13.1. The van der Waals surface area contributed by atoms with E-state index in [9.17, 15) is 13.2 Å². The first-order valence-corrected chi connectivity index (χ1v) is 9.65. The number of rotatable bonds is 2. The van der Waals surface area contributed by atoms with E-state index in [0.29, 0.717) is 35.0 Å². The van der Waals surface area contributed by atoms with Crippen molar-refractivity contribution >= 4 is 33.2 Å². The Kier molecular flexibility index (Phi) is 3.85. The first-order chi connectivity index (χ1) is 12.0. The Labute approximate surface area is 150 Å². The fraction of sp³-hybridized carbons (Fsp3) is 0.235. The van der Waals surface area contributed by atoms with E-state index in [2.05, 4.69) is 5.32 Å². The zero-order valence-electron chi connectivity index (χ0n) is 13.2. The number of nitrogens with zero attached hydrogens (tertiary/aromatic N) is 1. The molecule has 0 atom stereocenters. The van der Waals surface area contributed by atoms with E-state index in [1.807, 2.05) is 0 Å². The molecule has 8 heteroatoms. The number of halogens is 1. The van der Waals surface area contributed by atoms with E-state index in [1.165, 1.54) is 10.4 Å². The summed E-state index contributed by atoms with van der Waals surface area (Å²) in [5.74, 6) is 0.221. The van der Waals surface area contributed by atoms with Gasteiger partial charge in [-0.15, -0.1) is 0 Å². The molecule has 0 saturated heterocycles. The van der Waals surface area contributed by atoms with Crippen molar-refractivity contribution in [3.05, 3.63) is 52.5 Å². The van der Waals surface area contributed by atoms with Crippen molar-refractivity contribution in [2.75, 3.05) is 24.0 Å². The van der Waals surface area contributed by atoms with Gasteiger partial charge in [0.2, 0.25) is 0 Å². The van der Waals surface area contributed by atoms with Crippen molar-refractivity contribution < 1.29 is 17.9 Å². The lowest BCUT2D eigenvalue weighted by atomic mass is 10.0.